The molecule has 1 aliphatic carbocycles. The van der Waals surface area contributed by atoms with Crippen LogP contribution in [0.25, 0.3) is 0 Å². The van der Waals surface area contributed by atoms with E-state index in [1.54, 1.807) is 11.8 Å². The van der Waals surface area contributed by atoms with Gasteiger partial charge in [0.2, 0.25) is 0 Å². The van der Waals surface area contributed by atoms with Crippen molar-refractivity contribution >= 4 is 30.1 Å². The number of likely N-dealkylation sites (tertiary alicyclic amines) is 1. The summed E-state index contributed by atoms with van der Waals surface area (Å²) in [5.74, 6) is -0.335. The van der Waals surface area contributed by atoms with Crippen LogP contribution in [0.5, 0.6) is 0 Å². The molecule has 4 heterocycles. The Balaban J connectivity index is 0.000000197. The third-order valence-electron chi connectivity index (χ3n) is 6.96. The average molecular weight is 512 g/mol. The van der Waals surface area contributed by atoms with Crippen LogP contribution >= 0.6 is 11.8 Å². The molecule has 4 atom stereocenters. The van der Waals surface area contributed by atoms with Gasteiger partial charge >= 0.3 is 0 Å². The van der Waals surface area contributed by atoms with E-state index in [0.717, 1.165) is 23.4 Å². The summed E-state index contributed by atoms with van der Waals surface area (Å²) in [5.41, 5.74) is 14.3. The van der Waals surface area contributed by atoms with Crippen molar-refractivity contribution in [1.29, 1.82) is 5.41 Å². The molecule has 1 fully saturated rings. The maximum atomic E-state index is 11.4. The summed E-state index contributed by atoms with van der Waals surface area (Å²) in [6, 6.07) is 2.25. The van der Waals surface area contributed by atoms with Gasteiger partial charge < -0.3 is 26.3 Å². The number of thioether (sulfide) groups is 1. The monoisotopic (exact) mass is 511 g/mol. The molecular formula is C27H41N7OS. The Labute approximate surface area is 219 Å². The second-order valence-corrected chi connectivity index (χ2v) is 10.4. The second kappa shape index (κ2) is 13.0. The van der Waals surface area contributed by atoms with Gasteiger partial charge in [-0.15, -0.1) is 11.8 Å². The zero-order valence-electron chi connectivity index (χ0n) is 21.9. The molecule has 0 radical (unpaired) electrons. The Morgan fingerprint density at radius 3 is 2.61 bits per heavy atom. The van der Waals surface area contributed by atoms with E-state index in [1.807, 2.05) is 50.7 Å². The second-order valence-electron chi connectivity index (χ2n) is 9.14. The van der Waals surface area contributed by atoms with Crippen LogP contribution in [0.3, 0.4) is 0 Å². The number of carbonyl (C=O) groups is 1. The molecule has 0 aromatic carbocycles. The fourth-order valence-corrected chi connectivity index (χ4v) is 6.12. The first kappa shape index (κ1) is 27.8. The highest BCUT2D eigenvalue weighted by atomic mass is 32.2. The molecule has 1 aromatic heterocycles. The lowest BCUT2D eigenvalue weighted by Gasteiger charge is -2.32. The van der Waals surface area contributed by atoms with Crippen molar-refractivity contribution in [2.24, 2.45) is 29.5 Å². The first-order valence-corrected chi connectivity index (χ1v) is 13.8. The van der Waals surface area contributed by atoms with Gasteiger partial charge in [0.15, 0.2) is 0 Å². The Hall–Kier alpha value is -2.78. The molecule has 8 nitrogen and oxygen atoms in total. The van der Waals surface area contributed by atoms with Gasteiger partial charge in [-0.25, -0.2) is 0 Å². The van der Waals surface area contributed by atoms with Gasteiger partial charge in [-0.2, -0.15) is 5.10 Å². The first-order chi connectivity index (χ1) is 17.4. The average Bonchev–Trinajstić information content (AvgIpc) is 3.65. The van der Waals surface area contributed by atoms with Gasteiger partial charge in [0.1, 0.15) is 5.69 Å². The van der Waals surface area contributed by atoms with E-state index in [0.29, 0.717) is 11.7 Å². The minimum Gasteiger partial charge on any atom is -0.373 e. The maximum absolute atomic E-state index is 11.4. The molecule has 196 valence electrons. The van der Waals surface area contributed by atoms with E-state index >= 15 is 0 Å². The molecule has 9 heteroatoms. The molecule has 3 aliphatic heterocycles. The number of carbonyl (C=O) groups excluding carboxylic acids is 1. The van der Waals surface area contributed by atoms with Gasteiger partial charge in [0, 0.05) is 78.7 Å². The third-order valence-corrected chi connectivity index (χ3v) is 8.28. The molecule has 4 aliphatic rings. The first-order valence-electron chi connectivity index (χ1n) is 12.9. The molecule has 36 heavy (non-hydrogen) atoms. The molecular weight excluding hydrogens is 470 g/mol. The minimum atomic E-state index is -0.416. The minimum absolute atomic E-state index is 0.0672. The molecule has 5 N–H and O–H groups in total. The third kappa shape index (κ3) is 6.31. The molecule has 0 spiro atoms. The molecule has 1 aromatic rings. The summed E-state index contributed by atoms with van der Waals surface area (Å²) in [7, 11) is 1.84. The summed E-state index contributed by atoms with van der Waals surface area (Å²) in [5, 5.41) is 14.1. The number of nitrogens with one attached hydrogen (secondary N) is 1. The predicted octanol–water partition coefficient (Wildman–Crippen LogP) is 4.03. The largest absolute Gasteiger partial charge is 0.373 e. The number of hydrazone groups is 1. The van der Waals surface area contributed by atoms with Crippen LogP contribution < -0.4 is 11.5 Å². The normalized spacial score (nSPS) is 26.0. The Morgan fingerprint density at radius 1 is 1.25 bits per heavy atom. The number of amides is 1. The Bertz CT molecular complexity index is 1040. The van der Waals surface area contributed by atoms with Crippen molar-refractivity contribution in [1.82, 2.24) is 14.5 Å². The number of nitrogens with two attached hydrogens (primary N) is 2. The van der Waals surface area contributed by atoms with Crippen LogP contribution in [0.1, 0.15) is 55.7 Å². The zero-order chi connectivity index (χ0) is 26.2. The van der Waals surface area contributed by atoms with Gasteiger partial charge in [-0.1, -0.05) is 26.0 Å². The van der Waals surface area contributed by atoms with Crippen molar-refractivity contribution in [3.05, 3.63) is 53.7 Å². The van der Waals surface area contributed by atoms with Crippen LogP contribution in [0, 0.1) is 18.3 Å². The van der Waals surface area contributed by atoms with E-state index in [2.05, 4.69) is 39.4 Å². The lowest BCUT2D eigenvalue weighted by molar-refractivity contribution is 0.0992. The molecule has 1 amide bonds. The van der Waals surface area contributed by atoms with Gasteiger partial charge in [-0.3, -0.25) is 9.80 Å². The van der Waals surface area contributed by atoms with Crippen LogP contribution in [0.4, 0.5) is 0 Å². The summed E-state index contributed by atoms with van der Waals surface area (Å²) < 4.78 is 1.82. The molecule has 0 bridgehead atoms. The van der Waals surface area contributed by atoms with Crippen LogP contribution in [0.15, 0.2) is 52.3 Å². The number of rotatable bonds is 5. The molecule has 5 rings (SSSR count). The highest BCUT2D eigenvalue weighted by Crippen LogP contribution is 2.35. The fourth-order valence-electron chi connectivity index (χ4n) is 4.82. The van der Waals surface area contributed by atoms with Crippen molar-refractivity contribution in [3.8, 4) is 0 Å². The van der Waals surface area contributed by atoms with E-state index in [1.165, 1.54) is 37.8 Å². The van der Waals surface area contributed by atoms with Crippen LogP contribution in [-0.4, -0.2) is 63.2 Å². The van der Waals surface area contributed by atoms with E-state index in [-0.39, 0.29) is 17.2 Å². The summed E-state index contributed by atoms with van der Waals surface area (Å²) in [6.07, 6.45) is 18.5. The topological polar surface area (TPSA) is 117 Å². The number of nitrogens with zero attached hydrogens (tertiary/aromatic N) is 4. The number of fused-ring (bicyclic) bond motifs is 1. The smallest absolute Gasteiger partial charge is 0.265 e. The molecule has 0 saturated carbocycles. The number of hydrogen-bond donors (Lipinski definition) is 3. The van der Waals surface area contributed by atoms with E-state index < -0.39 is 5.91 Å². The maximum Gasteiger partial charge on any atom is 0.265 e. The van der Waals surface area contributed by atoms with Crippen molar-refractivity contribution in [2.75, 3.05) is 13.1 Å². The summed E-state index contributed by atoms with van der Waals surface area (Å²) in [4.78, 5) is 14.9. The molecule has 1 saturated heterocycles. The SMILES string of the molecule is C1=CN2N=CCC2C(N2CCCC2)=C1.CC.Cc1c(SC2C=CC(N)C(C=N)C2)cc(C(N)=O)n1C. The Morgan fingerprint density at radius 2 is 1.97 bits per heavy atom. The predicted molar refractivity (Wildman–Crippen MR) is 150 cm³/mol. The lowest BCUT2D eigenvalue weighted by Crippen LogP contribution is -2.35. The van der Waals surface area contributed by atoms with Crippen molar-refractivity contribution in [2.45, 2.75) is 68.7 Å². The molecule has 4 unspecified atom stereocenters. The van der Waals surface area contributed by atoms with Crippen molar-refractivity contribution in [3.63, 3.8) is 0 Å². The fraction of sp³-hybridized carbons (Fsp3) is 0.519. The van der Waals surface area contributed by atoms with E-state index in [4.69, 9.17) is 16.9 Å². The summed E-state index contributed by atoms with van der Waals surface area (Å²) in [6.45, 7) is 8.43. The highest BCUT2D eigenvalue weighted by Gasteiger charge is 2.29. The highest BCUT2D eigenvalue weighted by molar-refractivity contribution is 8.00. The number of hydrogen-bond acceptors (Lipinski definition) is 7. The summed E-state index contributed by atoms with van der Waals surface area (Å²) >= 11 is 1.69. The van der Waals surface area contributed by atoms with Gasteiger partial charge in [0.05, 0.1) is 6.04 Å². The van der Waals surface area contributed by atoms with Crippen LogP contribution in [-0.2, 0) is 7.05 Å². The van der Waals surface area contributed by atoms with Crippen molar-refractivity contribution < 1.29 is 4.79 Å². The standard InChI is InChI=1S/C14H20N4OS.C11H15N3.C2H6/c1-8-13(6-12(14(17)19)18(8)2)20-10-3-4-11(16)9(5-10)7-15;1-2-8-13(7-1)10-4-3-9-14-11(10)5-6-12-14;1-2/h3-4,6-7,9-11,15H,5,16H2,1-2H3,(H2,17,19);3-4,6,9,11H,1-2,5,7-8H2;1-2H3. The van der Waals surface area contributed by atoms with Crippen LogP contribution in [0.2, 0.25) is 0 Å². The lowest BCUT2D eigenvalue weighted by atomic mass is 9.91. The van der Waals surface area contributed by atoms with Gasteiger partial charge in [0.25, 0.3) is 5.91 Å². The van der Waals surface area contributed by atoms with E-state index in [9.17, 15) is 4.79 Å². The zero-order valence-corrected chi connectivity index (χ0v) is 22.7. The quantitative estimate of drug-likeness (QED) is 0.408. The number of aromatic nitrogens is 1. The number of primary amides is 1. The number of allylic oxidation sites excluding steroid dienone is 2. The Kier molecular flexibility index (Phi) is 10.0. The van der Waals surface area contributed by atoms with Gasteiger partial charge in [-0.05, 0) is 44.4 Å².